The van der Waals surface area contributed by atoms with Crippen molar-refractivity contribution < 1.29 is 9.84 Å². The van der Waals surface area contributed by atoms with Crippen LogP contribution in [0.15, 0.2) is 18.2 Å². The molecule has 1 saturated carbocycles. The van der Waals surface area contributed by atoms with E-state index in [1.807, 2.05) is 13.0 Å². The van der Waals surface area contributed by atoms with Crippen molar-refractivity contribution in [2.75, 3.05) is 0 Å². The Morgan fingerprint density at radius 2 is 1.93 bits per heavy atom. The molecule has 0 spiro atoms. The quantitative estimate of drug-likeness (QED) is 0.780. The highest BCUT2D eigenvalue weighted by molar-refractivity contribution is 5.36. The average molecular weight is 192 g/mol. The fraction of sp³-hybridized carbons (Fsp3) is 0.500. The number of hydrogen-bond donors (Lipinski definition) is 1. The van der Waals surface area contributed by atoms with Crippen molar-refractivity contribution in [3.8, 4) is 11.5 Å². The van der Waals surface area contributed by atoms with E-state index in [1.54, 1.807) is 12.1 Å². The minimum Gasteiger partial charge on any atom is -0.508 e. The lowest BCUT2D eigenvalue weighted by Crippen LogP contribution is -2.10. The van der Waals surface area contributed by atoms with Crippen LogP contribution in [-0.2, 0) is 0 Å². The van der Waals surface area contributed by atoms with Crippen molar-refractivity contribution in [2.45, 2.75) is 38.7 Å². The van der Waals surface area contributed by atoms with E-state index in [2.05, 4.69) is 0 Å². The number of phenols is 1. The highest BCUT2D eigenvalue weighted by atomic mass is 16.5. The second-order valence-corrected chi connectivity index (χ2v) is 4.03. The van der Waals surface area contributed by atoms with Crippen molar-refractivity contribution in [1.82, 2.24) is 0 Å². The largest absolute Gasteiger partial charge is 0.508 e. The van der Waals surface area contributed by atoms with Gasteiger partial charge in [0.2, 0.25) is 0 Å². The molecule has 0 unspecified atom stereocenters. The molecule has 76 valence electrons. The first-order chi connectivity index (χ1) is 6.74. The Balaban J connectivity index is 2.07. The van der Waals surface area contributed by atoms with E-state index in [1.165, 1.54) is 12.8 Å². The van der Waals surface area contributed by atoms with Crippen LogP contribution in [-0.4, -0.2) is 11.2 Å². The van der Waals surface area contributed by atoms with Crippen LogP contribution in [0.4, 0.5) is 0 Å². The van der Waals surface area contributed by atoms with Crippen molar-refractivity contribution in [2.24, 2.45) is 0 Å². The van der Waals surface area contributed by atoms with E-state index in [-0.39, 0.29) is 5.75 Å². The van der Waals surface area contributed by atoms with Gasteiger partial charge in [-0.2, -0.15) is 0 Å². The van der Waals surface area contributed by atoms with Crippen LogP contribution in [0.3, 0.4) is 0 Å². The predicted octanol–water partition coefficient (Wildman–Crippen LogP) is 3.02. The molecule has 0 aromatic heterocycles. The standard InChI is InChI=1S/C12H16O2/c1-9-6-10(13)8-12(7-9)14-11-4-2-3-5-11/h6-8,11,13H,2-5H2,1H3. The zero-order valence-electron chi connectivity index (χ0n) is 8.49. The van der Waals surface area contributed by atoms with Gasteiger partial charge in [-0.15, -0.1) is 0 Å². The Bertz CT molecular complexity index is 294. The summed E-state index contributed by atoms with van der Waals surface area (Å²) >= 11 is 0. The van der Waals surface area contributed by atoms with Gasteiger partial charge in [-0.1, -0.05) is 0 Å². The minimum absolute atomic E-state index is 0.290. The Hall–Kier alpha value is -1.18. The molecule has 0 heterocycles. The van der Waals surface area contributed by atoms with Crippen LogP contribution in [0.2, 0.25) is 0 Å². The summed E-state index contributed by atoms with van der Waals surface area (Å²) < 4.78 is 5.78. The van der Waals surface area contributed by atoms with Gasteiger partial charge >= 0.3 is 0 Å². The number of aryl methyl sites for hydroxylation is 1. The summed E-state index contributed by atoms with van der Waals surface area (Å²) in [6, 6.07) is 5.39. The lowest BCUT2D eigenvalue weighted by molar-refractivity contribution is 0.209. The zero-order valence-corrected chi connectivity index (χ0v) is 8.49. The molecule has 14 heavy (non-hydrogen) atoms. The lowest BCUT2D eigenvalue weighted by Gasteiger charge is -2.13. The normalized spacial score (nSPS) is 17.2. The maximum Gasteiger partial charge on any atom is 0.123 e. The van der Waals surface area contributed by atoms with Gasteiger partial charge in [0.25, 0.3) is 0 Å². The van der Waals surface area contributed by atoms with Gasteiger partial charge in [-0.3, -0.25) is 0 Å². The first-order valence-corrected chi connectivity index (χ1v) is 5.21. The molecule has 0 atom stereocenters. The average Bonchev–Trinajstić information content (AvgIpc) is 2.54. The van der Waals surface area contributed by atoms with Crippen LogP contribution in [0.1, 0.15) is 31.2 Å². The molecule has 1 aliphatic carbocycles. The number of ether oxygens (including phenoxy) is 1. The summed E-state index contributed by atoms with van der Waals surface area (Å²) in [6.45, 7) is 1.96. The van der Waals surface area contributed by atoms with Crippen LogP contribution < -0.4 is 4.74 Å². The first-order valence-electron chi connectivity index (χ1n) is 5.21. The molecule has 0 saturated heterocycles. The molecule has 2 heteroatoms. The number of hydrogen-bond acceptors (Lipinski definition) is 2. The molecule has 2 nitrogen and oxygen atoms in total. The van der Waals surface area contributed by atoms with Gasteiger partial charge in [0.1, 0.15) is 11.5 Å². The maximum absolute atomic E-state index is 9.39. The Labute approximate surface area is 84.5 Å². The van der Waals surface area contributed by atoms with Gasteiger partial charge in [0.05, 0.1) is 6.10 Å². The highest BCUT2D eigenvalue weighted by Crippen LogP contribution is 2.27. The highest BCUT2D eigenvalue weighted by Gasteiger charge is 2.16. The summed E-state index contributed by atoms with van der Waals surface area (Å²) in [5.74, 6) is 1.09. The molecule has 2 rings (SSSR count). The maximum atomic E-state index is 9.39. The lowest BCUT2D eigenvalue weighted by atomic mass is 10.2. The van der Waals surface area contributed by atoms with Crippen molar-refractivity contribution in [3.63, 3.8) is 0 Å². The van der Waals surface area contributed by atoms with Crippen LogP contribution in [0.5, 0.6) is 11.5 Å². The SMILES string of the molecule is Cc1cc(O)cc(OC2CCCC2)c1. The molecule has 0 radical (unpaired) electrons. The zero-order chi connectivity index (χ0) is 9.97. The van der Waals surface area contributed by atoms with Crippen molar-refractivity contribution >= 4 is 0 Å². The fourth-order valence-electron chi connectivity index (χ4n) is 2.00. The first kappa shape index (κ1) is 9.38. The monoisotopic (exact) mass is 192 g/mol. The van der Waals surface area contributed by atoms with Gasteiger partial charge in [-0.05, 0) is 50.3 Å². The predicted molar refractivity (Wildman–Crippen MR) is 55.7 cm³/mol. The molecule has 0 amide bonds. The van der Waals surface area contributed by atoms with E-state index in [0.29, 0.717) is 6.10 Å². The minimum atomic E-state index is 0.290. The topological polar surface area (TPSA) is 29.5 Å². The molecule has 1 fully saturated rings. The third kappa shape index (κ3) is 2.19. The third-order valence-electron chi connectivity index (χ3n) is 2.64. The Kier molecular flexibility index (Phi) is 2.62. The van der Waals surface area contributed by atoms with Gasteiger partial charge in [-0.25, -0.2) is 0 Å². The smallest absolute Gasteiger partial charge is 0.123 e. The van der Waals surface area contributed by atoms with Gasteiger partial charge < -0.3 is 9.84 Å². The van der Waals surface area contributed by atoms with E-state index in [9.17, 15) is 5.11 Å². The third-order valence-corrected chi connectivity index (χ3v) is 2.64. The summed E-state index contributed by atoms with van der Waals surface area (Å²) in [6.07, 6.45) is 5.19. The summed E-state index contributed by atoms with van der Waals surface area (Å²) in [4.78, 5) is 0. The van der Waals surface area contributed by atoms with Gasteiger partial charge in [0.15, 0.2) is 0 Å². The molecule has 1 aliphatic rings. The van der Waals surface area contributed by atoms with Crippen LogP contribution in [0.25, 0.3) is 0 Å². The number of rotatable bonds is 2. The Morgan fingerprint density at radius 3 is 2.57 bits per heavy atom. The van der Waals surface area contributed by atoms with Crippen LogP contribution >= 0.6 is 0 Å². The van der Waals surface area contributed by atoms with Crippen LogP contribution in [0, 0.1) is 6.92 Å². The molecule has 1 aromatic carbocycles. The number of benzene rings is 1. The molecule has 1 aromatic rings. The molecule has 1 N–H and O–H groups in total. The number of phenolic OH excluding ortho intramolecular Hbond substituents is 1. The second kappa shape index (κ2) is 3.91. The molecule has 0 bridgehead atoms. The van der Waals surface area contributed by atoms with Gasteiger partial charge in [0, 0.05) is 6.07 Å². The Morgan fingerprint density at radius 1 is 1.21 bits per heavy atom. The fourth-order valence-corrected chi connectivity index (χ4v) is 2.00. The molecule has 0 aliphatic heterocycles. The van der Waals surface area contributed by atoms with E-state index in [4.69, 9.17) is 4.74 Å². The van der Waals surface area contributed by atoms with E-state index in [0.717, 1.165) is 24.2 Å². The summed E-state index contributed by atoms with van der Waals surface area (Å²) in [5.41, 5.74) is 1.04. The molecular formula is C12H16O2. The van der Waals surface area contributed by atoms with Crippen molar-refractivity contribution in [3.05, 3.63) is 23.8 Å². The van der Waals surface area contributed by atoms with E-state index >= 15 is 0 Å². The second-order valence-electron chi connectivity index (χ2n) is 4.03. The number of aromatic hydroxyl groups is 1. The summed E-state index contributed by atoms with van der Waals surface area (Å²) in [5, 5.41) is 9.39. The van der Waals surface area contributed by atoms with E-state index < -0.39 is 0 Å². The summed E-state index contributed by atoms with van der Waals surface area (Å²) in [7, 11) is 0. The molecular weight excluding hydrogens is 176 g/mol. The van der Waals surface area contributed by atoms with Crippen molar-refractivity contribution in [1.29, 1.82) is 0 Å².